The highest BCUT2D eigenvalue weighted by molar-refractivity contribution is 9.10. The largest absolute Gasteiger partial charge is 0.478 e. The number of aromatic carboxylic acids is 1. The molecule has 0 unspecified atom stereocenters. The number of amides is 2. The molecule has 100 valence electrons. The van der Waals surface area contributed by atoms with Crippen molar-refractivity contribution < 1.29 is 19.5 Å². The van der Waals surface area contributed by atoms with Gasteiger partial charge in [0.05, 0.1) is 16.7 Å². The Morgan fingerprint density at radius 2 is 2.00 bits per heavy atom. The van der Waals surface area contributed by atoms with E-state index in [1.165, 1.54) is 18.2 Å². The zero-order valence-corrected chi connectivity index (χ0v) is 12.0. The molecule has 0 radical (unpaired) electrons. The molecule has 2 rings (SSSR count). The molecule has 1 fully saturated rings. The van der Waals surface area contributed by atoms with Crippen LogP contribution in [-0.2, 0) is 9.59 Å². The highest BCUT2D eigenvalue weighted by Crippen LogP contribution is 2.38. The fraction of sp³-hybridized carbons (Fsp3) is 0.308. The maximum absolute atomic E-state index is 12.2. The van der Waals surface area contributed by atoms with E-state index in [0.29, 0.717) is 4.47 Å². The normalized spacial score (nSPS) is 17.9. The second kappa shape index (κ2) is 4.45. The number of hydrogen-bond donors (Lipinski definition) is 1. The first-order valence-electron chi connectivity index (χ1n) is 5.64. The zero-order valence-electron chi connectivity index (χ0n) is 10.4. The van der Waals surface area contributed by atoms with E-state index in [0.717, 1.165) is 4.90 Å². The highest BCUT2D eigenvalue weighted by atomic mass is 79.9. The third-order valence-corrected chi connectivity index (χ3v) is 3.73. The summed E-state index contributed by atoms with van der Waals surface area (Å²) in [6.45, 7) is 3.39. The van der Waals surface area contributed by atoms with E-state index >= 15 is 0 Å². The fourth-order valence-electron chi connectivity index (χ4n) is 2.01. The van der Waals surface area contributed by atoms with E-state index in [1.807, 2.05) is 0 Å². The van der Waals surface area contributed by atoms with Crippen molar-refractivity contribution >= 4 is 39.4 Å². The standard InChI is InChI=1S/C13H12BrNO4/c1-13(2)6-10(16)15(12(13)19)9-5-7(11(17)18)3-4-8(9)14/h3-5H,6H2,1-2H3,(H,17,18). The van der Waals surface area contributed by atoms with Gasteiger partial charge in [-0.3, -0.25) is 9.59 Å². The summed E-state index contributed by atoms with van der Waals surface area (Å²) in [5.41, 5.74) is -0.445. The minimum Gasteiger partial charge on any atom is -0.478 e. The van der Waals surface area contributed by atoms with Crippen LogP contribution >= 0.6 is 15.9 Å². The van der Waals surface area contributed by atoms with Crippen LogP contribution < -0.4 is 4.90 Å². The van der Waals surface area contributed by atoms with Crippen LogP contribution in [0.2, 0.25) is 0 Å². The van der Waals surface area contributed by atoms with Gasteiger partial charge in [-0.15, -0.1) is 0 Å². The van der Waals surface area contributed by atoms with Crippen LogP contribution in [0, 0.1) is 5.41 Å². The number of carboxylic acids is 1. The van der Waals surface area contributed by atoms with Gasteiger partial charge in [0.2, 0.25) is 11.8 Å². The van der Waals surface area contributed by atoms with Gasteiger partial charge >= 0.3 is 5.97 Å². The lowest BCUT2D eigenvalue weighted by Gasteiger charge is -2.19. The molecule has 1 aliphatic rings. The molecule has 1 saturated heterocycles. The van der Waals surface area contributed by atoms with E-state index in [1.54, 1.807) is 13.8 Å². The van der Waals surface area contributed by atoms with Crippen LogP contribution in [0.1, 0.15) is 30.6 Å². The summed E-state index contributed by atoms with van der Waals surface area (Å²) in [4.78, 5) is 36.2. The Morgan fingerprint density at radius 1 is 1.37 bits per heavy atom. The molecular weight excluding hydrogens is 314 g/mol. The molecule has 0 saturated carbocycles. The van der Waals surface area contributed by atoms with Crippen molar-refractivity contribution in [1.82, 2.24) is 0 Å². The second-order valence-electron chi connectivity index (χ2n) is 5.07. The number of imide groups is 1. The molecule has 1 heterocycles. The van der Waals surface area contributed by atoms with Crippen molar-refractivity contribution in [2.45, 2.75) is 20.3 Å². The number of benzene rings is 1. The molecule has 5 nitrogen and oxygen atoms in total. The molecule has 0 aromatic heterocycles. The summed E-state index contributed by atoms with van der Waals surface area (Å²) in [6, 6.07) is 4.25. The predicted octanol–water partition coefficient (Wildman–Crippen LogP) is 2.44. The van der Waals surface area contributed by atoms with E-state index in [-0.39, 0.29) is 29.5 Å². The van der Waals surface area contributed by atoms with Crippen molar-refractivity contribution in [2.24, 2.45) is 5.41 Å². The van der Waals surface area contributed by atoms with Gasteiger partial charge in [0.25, 0.3) is 0 Å². The lowest BCUT2D eigenvalue weighted by atomic mass is 9.92. The molecule has 0 spiro atoms. The summed E-state index contributed by atoms with van der Waals surface area (Å²) in [5.74, 6) is -1.74. The van der Waals surface area contributed by atoms with E-state index in [9.17, 15) is 14.4 Å². The van der Waals surface area contributed by atoms with Gasteiger partial charge in [0, 0.05) is 10.9 Å². The first-order valence-corrected chi connectivity index (χ1v) is 6.43. The Labute approximate surface area is 118 Å². The van der Waals surface area contributed by atoms with Crippen LogP contribution in [-0.4, -0.2) is 22.9 Å². The van der Waals surface area contributed by atoms with Gasteiger partial charge in [0.15, 0.2) is 0 Å². The number of nitrogens with zero attached hydrogens (tertiary/aromatic N) is 1. The van der Waals surface area contributed by atoms with Crippen LogP contribution in [0.15, 0.2) is 22.7 Å². The average molecular weight is 326 g/mol. The van der Waals surface area contributed by atoms with Gasteiger partial charge in [-0.1, -0.05) is 13.8 Å². The number of carbonyl (C=O) groups excluding carboxylic acids is 2. The molecule has 1 N–H and O–H groups in total. The number of halogens is 1. The van der Waals surface area contributed by atoms with Crippen molar-refractivity contribution in [1.29, 1.82) is 0 Å². The molecule has 1 aliphatic heterocycles. The van der Waals surface area contributed by atoms with Crippen LogP contribution in [0.25, 0.3) is 0 Å². The molecule has 0 bridgehead atoms. The number of rotatable bonds is 2. The summed E-state index contributed by atoms with van der Waals surface area (Å²) >= 11 is 3.24. The molecule has 2 amide bonds. The summed E-state index contributed by atoms with van der Waals surface area (Å²) < 4.78 is 0.511. The average Bonchev–Trinajstić information content (AvgIpc) is 2.49. The lowest BCUT2D eigenvalue weighted by Crippen LogP contribution is -2.33. The first kappa shape index (κ1) is 13.7. The quantitative estimate of drug-likeness (QED) is 0.847. The summed E-state index contributed by atoms with van der Waals surface area (Å²) in [5, 5.41) is 8.97. The second-order valence-corrected chi connectivity index (χ2v) is 5.92. The Balaban J connectivity index is 2.53. The number of carboxylic acid groups (broad SMARTS) is 1. The topological polar surface area (TPSA) is 74.7 Å². The third-order valence-electron chi connectivity index (χ3n) is 3.06. The number of hydrogen-bond acceptors (Lipinski definition) is 3. The van der Waals surface area contributed by atoms with E-state index in [4.69, 9.17) is 5.11 Å². The molecule has 1 aromatic rings. The van der Waals surface area contributed by atoms with Crippen molar-refractivity contribution in [3.8, 4) is 0 Å². The third kappa shape index (κ3) is 2.28. The monoisotopic (exact) mass is 325 g/mol. The van der Waals surface area contributed by atoms with Gasteiger partial charge < -0.3 is 5.11 Å². The Morgan fingerprint density at radius 3 is 2.47 bits per heavy atom. The molecule has 0 aliphatic carbocycles. The maximum atomic E-state index is 12.2. The Hall–Kier alpha value is -1.69. The molecule has 19 heavy (non-hydrogen) atoms. The Kier molecular flexibility index (Phi) is 3.22. The van der Waals surface area contributed by atoms with Gasteiger partial charge in [-0.25, -0.2) is 9.69 Å². The van der Waals surface area contributed by atoms with E-state index in [2.05, 4.69) is 15.9 Å². The SMILES string of the molecule is CC1(C)CC(=O)N(c2cc(C(=O)O)ccc2Br)C1=O. The fourth-order valence-corrected chi connectivity index (χ4v) is 2.43. The molecule has 1 aromatic carbocycles. The Bertz CT molecular complexity index is 594. The van der Waals surface area contributed by atoms with Crippen LogP contribution in [0.3, 0.4) is 0 Å². The first-order chi connectivity index (χ1) is 8.74. The summed E-state index contributed by atoms with van der Waals surface area (Å²) in [6.07, 6.45) is 0.121. The molecular formula is C13H12BrNO4. The highest BCUT2D eigenvalue weighted by Gasteiger charge is 2.46. The van der Waals surface area contributed by atoms with Crippen molar-refractivity contribution in [3.05, 3.63) is 28.2 Å². The number of anilines is 1. The lowest BCUT2D eigenvalue weighted by molar-refractivity contribution is -0.124. The smallest absolute Gasteiger partial charge is 0.335 e. The van der Waals surface area contributed by atoms with E-state index < -0.39 is 11.4 Å². The van der Waals surface area contributed by atoms with Crippen molar-refractivity contribution in [2.75, 3.05) is 4.90 Å². The zero-order chi connectivity index (χ0) is 14.4. The minimum absolute atomic E-state index is 0.0310. The maximum Gasteiger partial charge on any atom is 0.335 e. The number of carbonyl (C=O) groups is 3. The van der Waals surface area contributed by atoms with Crippen LogP contribution in [0.5, 0.6) is 0 Å². The minimum atomic E-state index is -1.10. The van der Waals surface area contributed by atoms with Gasteiger partial charge in [-0.05, 0) is 34.1 Å². The van der Waals surface area contributed by atoms with Crippen molar-refractivity contribution in [3.63, 3.8) is 0 Å². The summed E-state index contributed by atoms with van der Waals surface area (Å²) in [7, 11) is 0. The predicted molar refractivity (Wildman–Crippen MR) is 72.0 cm³/mol. The van der Waals surface area contributed by atoms with Gasteiger partial charge in [0.1, 0.15) is 0 Å². The molecule has 6 heteroatoms. The molecule has 0 atom stereocenters. The van der Waals surface area contributed by atoms with Crippen LogP contribution in [0.4, 0.5) is 5.69 Å². The van der Waals surface area contributed by atoms with Gasteiger partial charge in [-0.2, -0.15) is 0 Å².